The van der Waals surface area contributed by atoms with Gasteiger partial charge in [0.1, 0.15) is 0 Å². The van der Waals surface area contributed by atoms with Crippen molar-refractivity contribution >= 4 is 27.9 Å². The van der Waals surface area contributed by atoms with E-state index in [1.165, 1.54) is 29.5 Å². The van der Waals surface area contributed by atoms with Crippen LogP contribution in [0.1, 0.15) is 28.9 Å². The molecule has 0 unspecified atom stereocenters. The van der Waals surface area contributed by atoms with Crippen molar-refractivity contribution in [3.8, 4) is 5.75 Å². The number of rotatable bonds is 3. The molecule has 0 radical (unpaired) electrons. The lowest BCUT2D eigenvalue weighted by atomic mass is 9.95. The second kappa shape index (κ2) is 6.23. The number of aromatic nitrogens is 2. The summed E-state index contributed by atoms with van der Waals surface area (Å²) in [6, 6.07) is 13.5. The van der Waals surface area contributed by atoms with Gasteiger partial charge in [-0.25, -0.2) is 4.39 Å². The molecular weight excluding hydrogens is 339 g/mol. The second-order valence-corrected chi connectivity index (χ2v) is 6.93. The number of H-pyrrole nitrogens is 1. The second-order valence-electron chi connectivity index (χ2n) is 6.93. The molecule has 3 nitrogen and oxygen atoms in total. The number of para-hydroxylation sites is 1. The molecule has 2 aromatic heterocycles. The van der Waals surface area contributed by atoms with E-state index in [0.29, 0.717) is 6.42 Å². The minimum Gasteiger partial charge on any atom is -0.494 e. The fourth-order valence-corrected chi connectivity index (χ4v) is 4.02. The molecule has 27 heavy (non-hydrogen) atoms. The highest BCUT2D eigenvalue weighted by Gasteiger charge is 2.19. The monoisotopic (exact) mass is 358 g/mol. The van der Waals surface area contributed by atoms with Gasteiger partial charge in [-0.05, 0) is 48.2 Å². The van der Waals surface area contributed by atoms with E-state index in [1.54, 1.807) is 6.07 Å². The summed E-state index contributed by atoms with van der Waals surface area (Å²) in [5.41, 5.74) is 6.31. The molecule has 5 rings (SSSR count). The van der Waals surface area contributed by atoms with Gasteiger partial charge in [0.15, 0.2) is 11.6 Å². The number of nitrogens with one attached hydrogen (secondary N) is 1. The van der Waals surface area contributed by atoms with Crippen LogP contribution in [0.3, 0.4) is 0 Å². The zero-order valence-corrected chi connectivity index (χ0v) is 15.1. The van der Waals surface area contributed by atoms with E-state index < -0.39 is 0 Å². The van der Waals surface area contributed by atoms with Crippen molar-refractivity contribution in [3.63, 3.8) is 0 Å². The van der Waals surface area contributed by atoms with Gasteiger partial charge in [-0.3, -0.25) is 4.98 Å². The number of benzene rings is 2. The van der Waals surface area contributed by atoms with Crippen molar-refractivity contribution in [2.45, 2.75) is 19.3 Å². The first-order valence-electron chi connectivity index (χ1n) is 9.15. The van der Waals surface area contributed by atoms with Crippen molar-refractivity contribution in [2.24, 2.45) is 0 Å². The summed E-state index contributed by atoms with van der Waals surface area (Å²) >= 11 is 0. The molecule has 1 aliphatic rings. The minimum atomic E-state index is -0.347. The van der Waals surface area contributed by atoms with E-state index in [-0.39, 0.29) is 11.6 Å². The van der Waals surface area contributed by atoms with Crippen molar-refractivity contribution < 1.29 is 9.13 Å². The Hall–Kier alpha value is -3.14. The van der Waals surface area contributed by atoms with Crippen LogP contribution in [0.2, 0.25) is 0 Å². The number of methoxy groups -OCH3 is 1. The van der Waals surface area contributed by atoms with E-state index in [0.717, 1.165) is 40.8 Å². The Kier molecular flexibility index (Phi) is 3.71. The van der Waals surface area contributed by atoms with Crippen LogP contribution in [0.25, 0.3) is 27.9 Å². The molecule has 4 heteroatoms. The molecule has 1 aliphatic carbocycles. The summed E-state index contributed by atoms with van der Waals surface area (Å²) in [6.45, 7) is 0. The maximum Gasteiger partial charge on any atom is 0.165 e. The molecule has 0 atom stereocenters. The quantitative estimate of drug-likeness (QED) is 0.531. The van der Waals surface area contributed by atoms with E-state index in [9.17, 15) is 4.39 Å². The van der Waals surface area contributed by atoms with E-state index in [1.807, 2.05) is 12.1 Å². The zero-order valence-electron chi connectivity index (χ0n) is 15.1. The number of aryl methyl sites for hydroxylation is 1. The van der Waals surface area contributed by atoms with Crippen molar-refractivity contribution in [3.05, 3.63) is 76.9 Å². The molecule has 0 fully saturated rings. The van der Waals surface area contributed by atoms with Gasteiger partial charge in [0, 0.05) is 22.7 Å². The first kappa shape index (κ1) is 16.1. The normalized spacial score (nSPS) is 13.3. The van der Waals surface area contributed by atoms with E-state index >= 15 is 0 Å². The topological polar surface area (TPSA) is 37.9 Å². The van der Waals surface area contributed by atoms with Crippen LogP contribution in [-0.2, 0) is 12.8 Å². The van der Waals surface area contributed by atoms with Gasteiger partial charge >= 0.3 is 0 Å². The molecule has 0 saturated heterocycles. The summed E-state index contributed by atoms with van der Waals surface area (Å²) in [5, 5.41) is 2.48. The molecule has 0 amide bonds. The third-order valence-corrected chi connectivity index (χ3v) is 5.29. The number of pyridine rings is 1. The van der Waals surface area contributed by atoms with E-state index in [2.05, 4.69) is 35.3 Å². The molecule has 2 aromatic carbocycles. The third kappa shape index (κ3) is 2.60. The summed E-state index contributed by atoms with van der Waals surface area (Å²) in [5.74, 6) is -0.0865. The number of ether oxygens (including phenoxy) is 1. The summed E-state index contributed by atoms with van der Waals surface area (Å²) in [7, 11) is 1.48. The molecular formula is C23H19FN2O. The smallest absolute Gasteiger partial charge is 0.165 e. The van der Waals surface area contributed by atoms with Gasteiger partial charge in [0.05, 0.1) is 24.0 Å². The average molecular weight is 358 g/mol. The number of hydrogen-bond acceptors (Lipinski definition) is 2. The zero-order chi connectivity index (χ0) is 18.4. The lowest BCUT2D eigenvalue weighted by Gasteiger charge is -2.14. The lowest BCUT2D eigenvalue weighted by Crippen LogP contribution is -2.04. The van der Waals surface area contributed by atoms with Crippen molar-refractivity contribution in [1.29, 1.82) is 0 Å². The van der Waals surface area contributed by atoms with Crippen LogP contribution in [0.4, 0.5) is 4.39 Å². The number of aromatic amines is 1. The van der Waals surface area contributed by atoms with Crippen LogP contribution in [-0.4, -0.2) is 17.1 Å². The average Bonchev–Trinajstić information content (AvgIpc) is 3.08. The van der Waals surface area contributed by atoms with Gasteiger partial charge in [0.2, 0.25) is 0 Å². The van der Waals surface area contributed by atoms with Gasteiger partial charge in [-0.1, -0.05) is 30.3 Å². The van der Waals surface area contributed by atoms with Crippen molar-refractivity contribution in [1.82, 2.24) is 9.97 Å². The molecule has 0 saturated carbocycles. The van der Waals surface area contributed by atoms with Crippen LogP contribution in [0.15, 0.2) is 48.5 Å². The SMILES string of the molecule is COc1ccc(Cc2nc3c(c4c2[nH]c2ccccc24)CCC=C3)cc1F. The van der Waals surface area contributed by atoms with Crippen LogP contribution < -0.4 is 4.74 Å². The van der Waals surface area contributed by atoms with Crippen LogP contribution in [0.5, 0.6) is 5.75 Å². The molecule has 2 heterocycles. The van der Waals surface area contributed by atoms with E-state index in [4.69, 9.17) is 9.72 Å². The number of allylic oxidation sites excluding steroid dienone is 1. The molecule has 134 valence electrons. The number of halogens is 1. The highest BCUT2D eigenvalue weighted by molar-refractivity contribution is 6.10. The summed E-state index contributed by atoms with van der Waals surface area (Å²) in [6.07, 6.45) is 6.87. The van der Waals surface area contributed by atoms with Gasteiger partial charge in [0.25, 0.3) is 0 Å². The van der Waals surface area contributed by atoms with Gasteiger partial charge in [-0.2, -0.15) is 0 Å². The molecule has 0 spiro atoms. The van der Waals surface area contributed by atoms with Crippen molar-refractivity contribution in [2.75, 3.05) is 7.11 Å². The van der Waals surface area contributed by atoms with Gasteiger partial charge in [-0.15, -0.1) is 0 Å². The molecule has 0 aliphatic heterocycles. The number of nitrogens with zero attached hydrogens (tertiary/aromatic N) is 1. The number of fused-ring (bicyclic) bond motifs is 5. The molecule has 0 bridgehead atoms. The van der Waals surface area contributed by atoms with Crippen LogP contribution >= 0.6 is 0 Å². The Morgan fingerprint density at radius 1 is 1.19 bits per heavy atom. The third-order valence-electron chi connectivity index (χ3n) is 5.29. The summed E-state index contributed by atoms with van der Waals surface area (Å²) in [4.78, 5) is 8.48. The Balaban J connectivity index is 1.73. The Morgan fingerprint density at radius 2 is 2.07 bits per heavy atom. The molecule has 4 aromatic rings. The predicted molar refractivity (Wildman–Crippen MR) is 107 cm³/mol. The first-order chi connectivity index (χ1) is 13.2. The van der Waals surface area contributed by atoms with Gasteiger partial charge < -0.3 is 9.72 Å². The molecule has 1 N–H and O–H groups in total. The Labute approximate surface area is 156 Å². The highest BCUT2D eigenvalue weighted by Crippen LogP contribution is 2.35. The largest absolute Gasteiger partial charge is 0.494 e. The maximum absolute atomic E-state index is 14.1. The minimum absolute atomic E-state index is 0.260. The Bertz CT molecular complexity index is 1210. The fraction of sp³-hybridized carbons (Fsp3) is 0.174. The lowest BCUT2D eigenvalue weighted by molar-refractivity contribution is 0.386. The fourth-order valence-electron chi connectivity index (χ4n) is 4.02. The summed E-state index contributed by atoms with van der Waals surface area (Å²) < 4.78 is 19.2. The first-order valence-corrected chi connectivity index (χ1v) is 9.15. The Morgan fingerprint density at radius 3 is 2.93 bits per heavy atom. The predicted octanol–water partition coefficient (Wildman–Crippen LogP) is 5.41. The van der Waals surface area contributed by atoms with Crippen LogP contribution in [0, 0.1) is 5.82 Å². The standard InChI is InChI=1S/C23H19FN2O/c1-27-21-11-10-14(12-17(21)24)13-20-23-22(15-6-2-4-8-18(15)25-20)16-7-3-5-9-19(16)26-23/h3-5,7-12,26H,2,6,13H2,1H3. The number of hydrogen-bond donors (Lipinski definition) is 1. The maximum atomic E-state index is 14.1. The highest BCUT2D eigenvalue weighted by atomic mass is 19.1.